The molecule has 0 heterocycles. The maximum atomic E-state index is 13.9. The first-order chi connectivity index (χ1) is 9.11. The van der Waals surface area contributed by atoms with Crippen LogP contribution in [-0.4, -0.2) is 5.33 Å². The normalized spacial score (nSPS) is 12.4. The van der Waals surface area contributed by atoms with Crippen LogP contribution in [0.2, 0.25) is 5.02 Å². The lowest BCUT2D eigenvalue weighted by Crippen LogP contribution is -2.06. The highest BCUT2D eigenvalue weighted by Crippen LogP contribution is 2.27. The van der Waals surface area contributed by atoms with Gasteiger partial charge in [-0.2, -0.15) is 0 Å². The minimum atomic E-state index is -0.303. The van der Waals surface area contributed by atoms with E-state index in [9.17, 15) is 4.39 Å². The molecule has 0 aliphatic rings. The molecule has 0 amide bonds. The van der Waals surface area contributed by atoms with Crippen molar-refractivity contribution in [2.24, 2.45) is 0 Å². The minimum Gasteiger partial charge on any atom is -0.205 e. The van der Waals surface area contributed by atoms with Crippen LogP contribution in [0.5, 0.6) is 0 Å². The zero-order valence-corrected chi connectivity index (χ0v) is 13.0. The molecule has 3 heteroatoms. The van der Waals surface area contributed by atoms with Gasteiger partial charge in [0.1, 0.15) is 5.82 Å². The van der Waals surface area contributed by atoms with E-state index in [1.165, 1.54) is 11.1 Å². The van der Waals surface area contributed by atoms with Gasteiger partial charge in [-0.25, -0.2) is 4.39 Å². The molecule has 2 rings (SSSR count). The van der Waals surface area contributed by atoms with Crippen molar-refractivity contribution in [2.45, 2.75) is 19.3 Å². The van der Waals surface area contributed by atoms with Crippen LogP contribution in [-0.2, 0) is 6.42 Å². The second-order valence-corrected chi connectivity index (χ2v) is 5.74. The number of alkyl halides is 1. The molecule has 0 spiro atoms. The number of hydrogen-bond donors (Lipinski definition) is 0. The van der Waals surface area contributed by atoms with Gasteiger partial charge in [0.05, 0.1) is 5.02 Å². The van der Waals surface area contributed by atoms with E-state index in [2.05, 4.69) is 41.1 Å². The van der Waals surface area contributed by atoms with Crippen molar-refractivity contribution in [1.82, 2.24) is 0 Å². The van der Waals surface area contributed by atoms with Crippen molar-refractivity contribution in [3.8, 4) is 0 Å². The third kappa shape index (κ3) is 3.58. The molecule has 0 fully saturated rings. The second-order valence-electron chi connectivity index (χ2n) is 4.68. The van der Waals surface area contributed by atoms with Crippen molar-refractivity contribution in [3.05, 3.63) is 70.0 Å². The van der Waals surface area contributed by atoms with Gasteiger partial charge >= 0.3 is 0 Å². The van der Waals surface area contributed by atoms with E-state index in [0.29, 0.717) is 12.0 Å². The summed E-state index contributed by atoms with van der Waals surface area (Å²) in [7, 11) is 0. The topological polar surface area (TPSA) is 0 Å². The van der Waals surface area contributed by atoms with Gasteiger partial charge in [0.25, 0.3) is 0 Å². The Bertz CT molecular complexity index is 568. The summed E-state index contributed by atoms with van der Waals surface area (Å²) in [6.07, 6.45) is 0.640. The Balaban J connectivity index is 2.26. The van der Waals surface area contributed by atoms with Crippen LogP contribution in [0.1, 0.15) is 22.6 Å². The molecule has 19 heavy (non-hydrogen) atoms. The van der Waals surface area contributed by atoms with Crippen LogP contribution in [0.15, 0.2) is 42.5 Å². The van der Waals surface area contributed by atoms with Crippen molar-refractivity contribution in [3.63, 3.8) is 0 Å². The Labute approximate surface area is 126 Å². The number of halogens is 3. The molecule has 0 nitrogen and oxygen atoms in total. The number of hydrogen-bond acceptors (Lipinski definition) is 0. The zero-order valence-electron chi connectivity index (χ0n) is 10.7. The number of aryl methyl sites for hydroxylation is 1. The predicted octanol–water partition coefficient (Wildman–Crippen LogP) is 5.51. The summed E-state index contributed by atoms with van der Waals surface area (Å²) in [4.78, 5) is 0. The van der Waals surface area contributed by atoms with Gasteiger partial charge in [0.2, 0.25) is 0 Å². The van der Waals surface area contributed by atoms with Gasteiger partial charge in [-0.3, -0.25) is 0 Å². The predicted molar refractivity (Wildman–Crippen MR) is 82.8 cm³/mol. The highest BCUT2D eigenvalue weighted by molar-refractivity contribution is 9.09. The Morgan fingerprint density at radius 1 is 1.21 bits per heavy atom. The van der Waals surface area contributed by atoms with E-state index in [4.69, 9.17) is 11.6 Å². The van der Waals surface area contributed by atoms with E-state index >= 15 is 0 Å². The van der Waals surface area contributed by atoms with Crippen LogP contribution in [0.25, 0.3) is 0 Å². The fraction of sp³-hybridized carbons (Fsp3) is 0.250. The molecule has 1 atom stereocenters. The zero-order chi connectivity index (χ0) is 13.8. The van der Waals surface area contributed by atoms with Crippen molar-refractivity contribution in [2.75, 3.05) is 5.33 Å². The molecule has 0 aliphatic carbocycles. The molecule has 0 radical (unpaired) electrons. The maximum Gasteiger partial charge on any atom is 0.144 e. The van der Waals surface area contributed by atoms with Gasteiger partial charge in [0.15, 0.2) is 0 Å². The first kappa shape index (κ1) is 14.5. The van der Waals surface area contributed by atoms with Crippen LogP contribution in [0, 0.1) is 12.7 Å². The second kappa shape index (κ2) is 6.53. The largest absolute Gasteiger partial charge is 0.205 e. The summed E-state index contributed by atoms with van der Waals surface area (Å²) < 4.78 is 13.9. The molecular formula is C16H15BrClF. The summed E-state index contributed by atoms with van der Waals surface area (Å²) in [6, 6.07) is 13.5. The molecule has 100 valence electrons. The molecule has 1 unspecified atom stereocenters. The van der Waals surface area contributed by atoms with Gasteiger partial charge in [-0.05, 0) is 36.5 Å². The first-order valence-corrected chi connectivity index (χ1v) is 7.67. The van der Waals surface area contributed by atoms with Crippen LogP contribution >= 0.6 is 27.5 Å². The molecular weight excluding hydrogens is 327 g/mol. The molecule has 0 saturated carbocycles. The molecule has 2 aromatic carbocycles. The molecule has 0 aromatic heterocycles. The summed E-state index contributed by atoms with van der Waals surface area (Å²) in [5.74, 6) is -0.0596. The van der Waals surface area contributed by atoms with E-state index in [1.807, 2.05) is 6.07 Å². The Kier molecular flexibility index (Phi) is 5.00. The maximum absolute atomic E-state index is 13.9. The van der Waals surface area contributed by atoms with Crippen molar-refractivity contribution < 1.29 is 4.39 Å². The third-order valence-corrected chi connectivity index (χ3v) is 4.27. The van der Waals surface area contributed by atoms with Crippen molar-refractivity contribution in [1.29, 1.82) is 0 Å². The molecule has 0 aliphatic heterocycles. The Hall–Kier alpha value is -0.860. The van der Waals surface area contributed by atoms with E-state index in [-0.39, 0.29) is 16.8 Å². The van der Waals surface area contributed by atoms with Crippen LogP contribution in [0.3, 0.4) is 0 Å². The van der Waals surface area contributed by atoms with E-state index in [1.54, 1.807) is 18.2 Å². The van der Waals surface area contributed by atoms with Gasteiger partial charge in [-0.1, -0.05) is 69.5 Å². The fourth-order valence-corrected chi connectivity index (χ4v) is 2.95. The molecule has 0 bridgehead atoms. The average Bonchev–Trinajstić information content (AvgIpc) is 2.40. The number of rotatable bonds is 4. The lowest BCUT2D eigenvalue weighted by Gasteiger charge is -2.16. The van der Waals surface area contributed by atoms with Crippen molar-refractivity contribution >= 4 is 27.5 Å². The minimum absolute atomic E-state index is 0.190. The van der Waals surface area contributed by atoms with Crippen LogP contribution < -0.4 is 0 Å². The van der Waals surface area contributed by atoms with E-state index in [0.717, 1.165) is 5.33 Å². The third-order valence-electron chi connectivity index (χ3n) is 3.20. The first-order valence-electron chi connectivity index (χ1n) is 6.17. The summed E-state index contributed by atoms with van der Waals surface area (Å²) in [5, 5.41) is 0.984. The fourth-order valence-electron chi connectivity index (χ4n) is 2.16. The highest BCUT2D eigenvalue weighted by Gasteiger charge is 2.15. The van der Waals surface area contributed by atoms with Gasteiger partial charge in [0, 0.05) is 5.33 Å². The molecule has 2 aromatic rings. The van der Waals surface area contributed by atoms with Gasteiger partial charge < -0.3 is 0 Å². The average molecular weight is 342 g/mol. The SMILES string of the molecule is Cc1cccc(C(CBr)Cc2cccc(Cl)c2F)c1. The monoisotopic (exact) mass is 340 g/mol. The van der Waals surface area contributed by atoms with Crippen LogP contribution in [0.4, 0.5) is 4.39 Å². The van der Waals surface area contributed by atoms with E-state index < -0.39 is 0 Å². The quantitative estimate of drug-likeness (QED) is 0.643. The molecule has 0 N–H and O–H groups in total. The highest BCUT2D eigenvalue weighted by atomic mass is 79.9. The number of benzene rings is 2. The standard InChI is InChI=1S/C16H15BrClF/c1-11-4-2-5-12(8-11)14(10-17)9-13-6-3-7-15(18)16(13)19/h2-8,14H,9-10H2,1H3. The smallest absolute Gasteiger partial charge is 0.144 e. The summed E-state index contributed by atoms with van der Waals surface area (Å²) >= 11 is 9.35. The molecule has 0 saturated heterocycles. The lowest BCUT2D eigenvalue weighted by molar-refractivity contribution is 0.599. The summed E-state index contributed by atoms with van der Waals surface area (Å²) in [5.41, 5.74) is 3.10. The van der Waals surface area contributed by atoms with Gasteiger partial charge in [-0.15, -0.1) is 0 Å². The lowest BCUT2D eigenvalue weighted by atomic mass is 9.92. The Morgan fingerprint density at radius 3 is 2.63 bits per heavy atom. The summed E-state index contributed by atoms with van der Waals surface area (Å²) in [6.45, 7) is 2.06. The Morgan fingerprint density at radius 2 is 1.95 bits per heavy atom.